The maximum absolute atomic E-state index is 11.3. The summed E-state index contributed by atoms with van der Waals surface area (Å²) >= 11 is 0. The molecule has 0 unspecified atom stereocenters. The third kappa shape index (κ3) is 3.13. The first-order valence-electron chi connectivity index (χ1n) is 9.76. The van der Waals surface area contributed by atoms with Crippen LogP contribution in [0.2, 0.25) is 0 Å². The smallest absolute Gasteiger partial charge is 0.320 e. The molecule has 3 heterocycles. The van der Waals surface area contributed by atoms with Gasteiger partial charge in [-0.25, -0.2) is 4.98 Å². The number of aryl methyl sites for hydroxylation is 1. The summed E-state index contributed by atoms with van der Waals surface area (Å²) in [6, 6.07) is -0.381. The molecule has 0 radical (unpaired) electrons. The molecule has 1 atom stereocenters. The molecule has 0 amide bonds. The SMILES string of the molecule is CN(C)c1nc2c(c(N3CCC4(CC3)CN[C@@H](C(=O)O)C4)n1)CCCC2. The van der Waals surface area contributed by atoms with Crippen molar-refractivity contribution in [3.05, 3.63) is 11.3 Å². The molecule has 1 aliphatic carbocycles. The molecule has 0 aromatic carbocycles. The zero-order valence-corrected chi connectivity index (χ0v) is 15.8. The Morgan fingerprint density at radius 1 is 1.23 bits per heavy atom. The van der Waals surface area contributed by atoms with Crippen molar-refractivity contribution < 1.29 is 9.90 Å². The van der Waals surface area contributed by atoms with E-state index in [1.807, 2.05) is 19.0 Å². The van der Waals surface area contributed by atoms with Crippen LogP contribution in [0.15, 0.2) is 0 Å². The van der Waals surface area contributed by atoms with Gasteiger partial charge < -0.3 is 20.2 Å². The van der Waals surface area contributed by atoms with Crippen molar-refractivity contribution in [1.82, 2.24) is 15.3 Å². The van der Waals surface area contributed by atoms with Gasteiger partial charge in [-0.1, -0.05) is 0 Å². The van der Waals surface area contributed by atoms with Gasteiger partial charge in [0.1, 0.15) is 11.9 Å². The summed E-state index contributed by atoms with van der Waals surface area (Å²) in [6.07, 6.45) is 7.35. The molecule has 1 spiro atoms. The summed E-state index contributed by atoms with van der Waals surface area (Å²) in [4.78, 5) is 25.4. The standard InChI is InChI=1S/C19H29N5O2/c1-23(2)18-21-14-6-4-3-5-13(14)16(22-18)24-9-7-19(8-10-24)11-15(17(25)26)20-12-19/h15,20H,3-12H2,1-2H3,(H,25,26)/t15-/m1/s1. The van der Waals surface area contributed by atoms with E-state index >= 15 is 0 Å². The highest BCUT2D eigenvalue weighted by Gasteiger charge is 2.44. The topological polar surface area (TPSA) is 81.6 Å². The fraction of sp³-hybridized carbons (Fsp3) is 0.737. The summed E-state index contributed by atoms with van der Waals surface area (Å²) < 4.78 is 0. The molecule has 2 aliphatic heterocycles. The van der Waals surface area contributed by atoms with Gasteiger partial charge in [-0.3, -0.25) is 4.79 Å². The number of carboxylic acid groups (broad SMARTS) is 1. The summed E-state index contributed by atoms with van der Waals surface area (Å²) in [5.41, 5.74) is 2.70. The lowest BCUT2D eigenvalue weighted by Gasteiger charge is -2.40. The summed E-state index contributed by atoms with van der Waals surface area (Å²) in [7, 11) is 3.99. The van der Waals surface area contributed by atoms with Gasteiger partial charge in [0.15, 0.2) is 0 Å². The maximum Gasteiger partial charge on any atom is 0.320 e. The molecule has 26 heavy (non-hydrogen) atoms. The minimum atomic E-state index is -0.718. The van der Waals surface area contributed by atoms with E-state index in [2.05, 4.69) is 10.2 Å². The zero-order chi connectivity index (χ0) is 18.3. The van der Waals surface area contributed by atoms with E-state index < -0.39 is 5.97 Å². The lowest BCUT2D eigenvalue weighted by atomic mass is 9.76. The first-order chi connectivity index (χ1) is 12.5. The molecule has 2 N–H and O–H groups in total. The molecule has 1 aromatic heterocycles. The van der Waals surface area contributed by atoms with Crippen LogP contribution in [-0.4, -0.2) is 60.8 Å². The third-order valence-electron chi connectivity index (χ3n) is 6.33. The minimum absolute atomic E-state index is 0.136. The van der Waals surface area contributed by atoms with E-state index in [1.54, 1.807) is 0 Å². The fourth-order valence-electron chi connectivity index (χ4n) is 4.69. The zero-order valence-electron chi connectivity index (χ0n) is 15.8. The van der Waals surface area contributed by atoms with Gasteiger partial charge in [-0.2, -0.15) is 4.98 Å². The van der Waals surface area contributed by atoms with Gasteiger partial charge >= 0.3 is 5.97 Å². The van der Waals surface area contributed by atoms with Crippen LogP contribution < -0.4 is 15.1 Å². The third-order valence-corrected chi connectivity index (χ3v) is 6.33. The quantitative estimate of drug-likeness (QED) is 0.845. The van der Waals surface area contributed by atoms with Gasteiger partial charge in [0.2, 0.25) is 5.95 Å². The Morgan fingerprint density at radius 3 is 2.62 bits per heavy atom. The second-order valence-electron chi connectivity index (χ2n) is 8.34. The van der Waals surface area contributed by atoms with Crippen LogP contribution in [0.25, 0.3) is 0 Å². The Hall–Kier alpha value is -1.89. The first-order valence-corrected chi connectivity index (χ1v) is 9.76. The van der Waals surface area contributed by atoms with Crippen LogP contribution in [0.5, 0.6) is 0 Å². The Balaban J connectivity index is 1.54. The predicted molar refractivity (Wildman–Crippen MR) is 101 cm³/mol. The van der Waals surface area contributed by atoms with Gasteiger partial charge in [-0.15, -0.1) is 0 Å². The molecular formula is C19H29N5O2. The van der Waals surface area contributed by atoms with Crippen molar-refractivity contribution in [2.24, 2.45) is 5.41 Å². The first kappa shape index (κ1) is 17.5. The fourth-order valence-corrected chi connectivity index (χ4v) is 4.69. The predicted octanol–water partition coefficient (Wildman–Crippen LogP) is 1.45. The number of nitrogens with one attached hydrogen (secondary N) is 1. The van der Waals surface area contributed by atoms with Gasteiger partial charge in [0, 0.05) is 39.3 Å². The maximum atomic E-state index is 11.3. The lowest BCUT2D eigenvalue weighted by Crippen LogP contribution is -2.42. The molecule has 7 nitrogen and oxygen atoms in total. The largest absolute Gasteiger partial charge is 0.480 e. The van der Waals surface area contributed by atoms with Gasteiger partial charge in [0.05, 0.1) is 5.69 Å². The number of hydrogen-bond donors (Lipinski definition) is 2. The van der Waals surface area contributed by atoms with E-state index in [0.29, 0.717) is 0 Å². The molecule has 142 valence electrons. The number of nitrogens with zero attached hydrogens (tertiary/aromatic N) is 4. The molecule has 2 fully saturated rings. The van der Waals surface area contributed by atoms with E-state index in [9.17, 15) is 9.90 Å². The summed E-state index contributed by atoms with van der Waals surface area (Å²) in [6.45, 7) is 2.72. The van der Waals surface area contributed by atoms with E-state index in [1.165, 1.54) is 24.1 Å². The number of fused-ring (bicyclic) bond motifs is 1. The number of aliphatic carboxylic acids is 1. The number of carbonyl (C=O) groups is 1. The van der Waals surface area contributed by atoms with Gasteiger partial charge in [-0.05, 0) is 50.4 Å². The highest BCUT2D eigenvalue weighted by Crippen LogP contribution is 2.41. The number of piperidine rings is 1. The van der Waals surface area contributed by atoms with Crippen LogP contribution in [0, 0.1) is 5.41 Å². The Labute approximate surface area is 154 Å². The summed E-state index contributed by atoms with van der Waals surface area (Å²) in [5.74, 6) is 1.20. The van der Waals surface area contributed by atoms with Crippen molar-refractivity contribution in [3.63, 3.8) is 0 Å². The lowest BCUT2D eigenvalue weighted by molar-refractivity contribution is -0.139. The Kier molecular flexibility index (Phi) is 4.50. The Morgan fingerprint density at radius 2 is 1.96 bits per heavy atom. The Bertz CT molecular complexity index is 697. The number of anilines is 2. The summed E-state index contributed by atoms with van der Waals surface area (Å²) in [5, 5.41) is 12.5. The average Bonchev–Trinajstić information content (AvgIpc) is 3.05. The van der Waals surface area contributed by atoms with Crippen molar-refractivity contribution in [1.29, 1.82) is 0 Å². The van der Waals surface area contributed by atoms with Gasteiger partial charge in [0.25, 0.3) is 0 Å². The van der Waals surface area contributed by atoms with Crippen LogP contribution >= 0.6 is 0 Å². The second kappa shape index (κ2) is 6.68. The highest BCUT2D eigenvalue weighted by molar-refractivity contribution is 5.74. The molecule has 3 aliphatic rings. The number of rotatable bonds is 3. The molecule has 7 heteroatoms. The van der Waals surface area contributed by atoms with Crippen LogP contribution in [0.3, 0.4) is 0 Å². The van der Waals surface area contributed by atoms with Crippen LogP contribution in [-0.2, 0) is 17.6 Å². The normalized spacial score (nSPS) is 24.5. The van der Waals surface area contributed by atoms with Crippen molar-refractivity contribution >= 4 is 17.7 Å². The van der Waals surface area contributed by atoms with E-state index in [0.717, 1.165) is 63.5 Å². The van der Waals surface area contributed by atoms with Crippen molar-refractivity contribution in [2.45, 2.75) is 51.0 Å². The van der Waals surface area contributed by atoms with Crippen molar-refractivity contribution in [2.75, 3.05) is 43.5 Å². The molecule has 2 saturated heterocycles. The number of carboxylic acids is 1. The molecule has 0 saturated carbocycles. The minimum Gasteiger partial charge on any atom is -0.480 e. The monoisotopic (exact) mass is 359 g/mol. The van der Waals surface area contributed by atoms with Crippen LogP contribution in [0.4, 0.5) is 11.8 Å². The second-order valence-corrected chi connectivity index (χ2v) is 8.34. The molecular weight excluding hydrogens is 330 g/mol. The molecule has 4 rings (SSSR count). The van der Waals surface area contributed by atoms with Crippen molar-refractivity contribution in [3.8, 4) is 0 Å². The number of aromatic nitrogens is 2. The van der Waals surface area contributed by atoms with Crippen LogP contribution in [0.1, 0.15) is 43.4 Å². The molecule has 1 aromatic rings. The van der Waals surface area contributed by atoms with E-state index in [-0.39, 0.29) is 11.5 Å². The highest BCUT2D eigenvalue weighted by atomic mass is 16.4. The average molecular weight is 359 g/mol. The molecule has 0 bridgehead atoms. The van der Waals surface area contributed by atoms with E-state index in [4.69, 9.17) is 9.97 Å². The number of hydrogen-bond acceptors (Lipinski definition) is 6.